The fraction of sp³-hybridized carbons (Fsp3) is 0.857. The largest absolute Gasteiger partial charge is 0.481 e. The average molecular weight is 793 g/mol. The van der Waals surface area contributed by atoms with Gasteiger partial charge in [0.05, 0.1) is 29.6 Å². The van der Waals surface area contributed by atoms with Gasteiger partial charge in [-0.1, -0.05) is 58.4 Å². The van der Waals surface area contributed by atoms with Crippen LogP contribution in [0.15, 0.2) is 23.8 Å². The molecule has 5 aliphatic carbocycles. The van der Waals surface area contributed by atoms with E-state index in [0.717, 1.165) is 24.0 Å². The lowest BCUT2D eigenvalue weighted by atomic mass is 9.33. The first-order chi connectivity index (χ1) is 26.1. The van der Waals surface area contributed by atoms with Crippen LogP contribution in [-0.2, 0) is 28.5 Å². The van der Waals surface area contributed by atoms with Crippen LogP contribution < -0.4 is 0 Å². The summed E-state index contributed by atoms with van der Waals surface area (Å²) in [4.78, 5) is 28.8. The molecule has 7 rings (SSSR count). The number of fused-ring (bicyclic) bond motifs is 7. The Balaban J connectivity index is 1.21. The molecule has 0 aromatic carbocycles. The summed E-state index contributed by atoms with van der Waals surface area (Å²) in [5, 5.41) is 84.4. The summed E-state index contributed by atoms with van der Waals surface area (Å²) in [5.74, 6) is -2.32. The summed E-state index contributed by atoms with van der Waals surface area (Å²) in [6.45, 7) is 16.0. The quantitative estimate of drug-likeness (QED) is 0.110. The van der Waals surface area contributed by atoms with E-state index in [1.807, 2.05) is 6.92 Å². The normalized spacial score (nSPS) is 52.7. The molecule has 4 saturated carbocycles. The maximum atomic E-state index is 14.6. The van der Waals surface area contributed by atoms with E-state index in [0.29, 0.717) is 32.1 Å². The third-order valence-corrected chi connectivity index (χ3v) is 16.9. The van der Waals surface area contributed by atoms with Crippen molar-refractivity contribution < 1.29 is 69.4 Å². The number of esters is 1. The van der Waals surface area contributed by atoms with Gasteiger partial charge in [-0.2, -0.15) is 0 Å². The lowest BCUT2D eigenvalue weighted by Crippen LogP contribution is -2.68. The summed E-state index contributed by atoms with van der Waals surface area (Å²) in [7, 11) is 0. The Morgan fingerprint density at radius 2 is 1.48 bits per heavy atom. The molecule has 19 atom stereocenters. The molecular weight excluding hydrogens is 728 g/mol. The Morgan fingerprint density at radius 3 is 2.14 bits per heavy atom. The van der Waals surface area contributed by atoms with Crippen LogP contribution in [-0.4, -0.2) is 127 Å². The number of ether oxygens (including phenoxy) is 4. The van der Waals surface area contributed by atoms with Crippen molar-refractivity contribution in [3.05, 3.63) is 23.8 Å². The summed E-state index contributed by atoms with van der Waals surface area (Å²) < 4.78 is 23.8. The maximum absolute atomic E-state index is 14.6. The third-order valence-electron chi connectivity index (χ3n) is 16.9. The zero-order chi connectivity index (χ0) is 41.1. The van der Waals surface area contributed by atoms with Crippen molar-refractivity contribution in [2.24, 2.45) is 50.7 Å². The molecule has 14 heteroatoms. The van der Waals surface area contributed by atoms with Crippen molar-refractivity contribution in [3.8, 4) is 0 Å². The van der Waals surface area contributed by atoms with Gasteiger partial charge in [0, 0.05) is 5.92 Å². The number of carbonyl (C=O) groups is 2. The van der Waals surface area contributed by atoms with Crippen molar-refractivity contribution in [3.63, 3.8) is 0 Å². The molecule has 56 heavy (non-hydrogen) atoms. The highest BCUT2D eigenvalue weighted by atomic mass is 16.7. The first kappa shape index (κ1) is 42.2. The molecule has 19 unspecified atom stereocenters. The molecule has 0 aromatic rings. The lowest BCUT2D eigenvalue weighted by Gasteiger charge is -2.70. The van der Waals surface area contributed by atoms with Crippen LogP contribution >= 0.6 is 0 Å². The summed E-state index contributed by atoms with van der Waals surface area (Å²) in [6, 6.07) is 0. The number of carboxylic acids is 1. The van der Waals surface area contributed by atoms with E-state index in [1.54, 1.807) is 6.92 Å². The summed E-state index contributed by atoms with van der Waals surface area (Å²) in [5.41, 5.74) is -2.23. The molecule has 0 spiro atoms. The SMILES string of the molecule is C=C1CCC2(C(=O)OC3OC(CO)C(O)C(O)C3O)CCC3(C(=O)O)C(=CCC4C5(C)CCC(OC6OC(C)C(O)C(O)C6O)C(C)(C)C5CCC43C)C2C1C. The standard InChI is InChI=1S/C42H64O14/c1-19-10-15-41(37(52)56-35-33(49)31(47)29(45)23(18-43)54-35)16-17-42(36(50)51)22(27(41)20(19)2)8-9-25-39(6)13-12-26(38(4,5)24(39)11-14-40(25,42)7)55-34-32(48)30(46)28(44)21(3)53-34/h8,20-21,23-35,43-49H,1,9-18H2,2-7H3,(H,50,51). The van der Waals surface area contributed by atoms with E-state index in [4.69, 9.17) is 18.9 Å². The van der Waals surface area contributed by atoms with Crippen molar-refractivity contribution >= 4 is 11.9 Å². The topological polar surface area (TPSA) is 233 Å². The van der Waals surface area contributed by atoms with Gasteiger partial charge in [-0.15, -0.1) is 0 Å². The van der Waals surface area contributed by atoms with Gasteiger partial charge in [0.15, 0.2) is 6.29 Å². The molecule has 8 N–H and O–H groups in total. The van der Waals surface area contributed by atoms with Gasteiger partial charge in [0.1, 0.15) is 42.7 Å². The van der Waals surface area contributed by atoms with Gasteiger partial charge < -0.3 is 59.8 Å². The first-order valence-corrected chi connectivity index (χ1v) is 20.6. The zero-order valence-corrected chi connectivity index (χ0v) is 33.5. The minimum atomic E-state index is -1.76. The van der Waals surface area contributed by atoms with Gasteiger partial charge in [-0.25, -0.2) is 0 Å². The molecule has 7 aliphatic rings. The van der Waals surface area contributed by atoms with E-state index in [2.05, 4.69) is 40.3 Å². The summed E-state index contributed by atoms with van der Waals surface area (Å²) >= 11 is 0. The van der Waals surface area contributed by atoms with Crippen LogP contribution in [0, 0.1) is 50.7 Å². The third kappa shape index (κ3) is 5.78. The predicted molar refractivity (Wildman–Crippen MR) is 198 cm³/mol. The number of hydrogen-bond acceptors (Lipinski definition) is 13. The molecule has 2 heterocycles. The Labute approximate surface area is 328 Å². The molecule has 316 valence electrons. The van der Waals surface area contributed by atoms with E-state index >= 15 is 0 Å². The van der Waals surface area contributed by atoms with Crippen molar-refractivity contribution in [1.82, 2.24) is 0 Å². The highest BCUT2D eigenvalue weighted by Gasteiger charge is 2.73. The van der Waals surface area contributed by atoms with E-state index < -0.39 is 108 Å². The number of carbonyl (C=O) groups excluding carboxylic acids is 1. The molecule has 0 bridgehead atoms. The van der Waals surface area contributed by atoms with Crippen LogP contribution in [0.25, 0.3) is 0 Å². The Hall–Kier alpha value is -1.98. The van der Waals surface area contributed by atoms with Gasteiger partial charge >= 0.3 is 11.9 Å². The molecule has 2 aliphatic heterocycles. The molecule has 2 saturated heterocycles. The second-order valence-electron chi connectivity index (χ2n) is 19.5. The van der Waals surface area contributed by atoms with Gasteiger partial charge in [0.25, 0.3) is 0 Å². The predicted octanol–water partition coefficient (Wildman–Crippen LogP) is 2.18. The highest BCUT2D eigenvalue weighted by Crippen LogP contribution is 2.76. The molecule has 6 fully saturated rings. The number of aliphatic hydroxyl groups is 7. The molecule has 0 amide bonds. The zero-order valence-electron chi connectivity index (χ0n) is 33.5. The van der Waals surface area contributed by atoms with Gasteiger partial charge in [-0.3, -0.25) is 9.59 Å². The molecule has 0 aromatic heterocycles. The van der Waals surface area contributed by atoms with E-state index in [9.17, 15) is 50.4 Å². The van der Waals surface area contributed by atoms with Gasteiger partial charge in [-0.05, 0) is 98.7 Å². The maximum Gasteiger partial charge on any atom is 0.315 e. The Morgan fingerprint density at radius 1 is 0.821 bits per heavy atom. The van der Waals surface area contributed by atoms with Crippen LogP contribution in [0.3, 0.4) is 0 Å². The first-order valence-electron chi connectivity index (χ1n) is 20.6. The van der Waals surface area contributed by atoms with Crippen LogP contribution in [0.2, 0.25) is 0 Å². The number of aliphatic carboxylic acids is 1. The number of rotatable bonds is 6. The van der Waals surface area contributed by atoms with Crippen molar-refractivity contribution in [1.29, 1.82) is 0 Å². The van der Waals surface area contributed by atoms with Crippen molar-refractivity contribution in [2.75, 3.05) is 6.61 Å². The van der Waals surface area contributed by atoms with Crippen LogP contribution in [0.1, 0.15) is 99.3 Å². The molecule has 0 radical (unpaired) electrons. The number of hydrogen-bond donors (Lipinski definition) is 8. The molecular formula is C42H64O14. The summed E-state index contributed by atoms with van der Waals surface area (Å²) in [6.07, 6.45) is -7.53. The highest BCUT2D eigenvalue weighted by molar-refractivity contribution is 5.85. The van der Waals surface area contributed by atoms with Gasteiger partial charge in [0.2, 0.25) is 6.29 Å². The lowest BCUT2D eigenvalue weighted by molar-refractivity contribution is -0.324. The van der Waals surface area contributed by atoms with Crippen LogP contribution in [0.4, 0.5) is 0 Å². The van der Waals surface area contributed by atoms with E-state index in [-0.39, 0.29) is 42.1 Å². The second kappa shape index (κ2) is 14.3. The smallest absolute Gasteiger partial charge is 0.315 e. The van der Waals surface area contributed by atoms with Crippen molar-refractivity contribution in [2.45, 2.75) is 167 Å². The number of carboxylic acid groups (broad SMARTS) is 1. The number of aliphatic hydroxyl groups excluding tert-OH is 7. The fourth-order valence-corrected chi connectivity index (χ4v) is 13.6. The Bertz CT molecular complexity index is 1600. The average Bonchev–Trinajstić information content (AvgIpc) is 3.14. The fourth-order valence-electron chi connectivity index (χ4n) is 13.6. The van der Waals surface area contributed by atoms with E-state index in [1.165, 1.54) is 0 Å². The second-order valence-corrected chi connectivity index (χ2v) is 19.5. The number of allylic oxidation sites excluding steroid dienone is 2. The minimum Gasteiger partial charge on any atom is -0.481 e. The Kier molecular flexibility index (Phi) is 10.8. The molecule has 14 nitrogen and oxygen atoms in total. The minimum absolute atomic E-state index is 0.0296. The van der Waals surface area contributed by atoms with Crippen LogP contribution in [0.5, 0.6) is 0 Å². The monoisotopic (exact) mass is 792 g/mol.